The van der Waals surface area contributed by atoms with Crippen molar-refractivity contribution in [1.82, 2.24) is 9.96 Å². The second-order valence-corrected chi connectivity index (χ2v) is 8.64. The third-order valence-electron chi connectivity index (χ3n) is 6.34. The number of imide groups is 2. The first-order chi connectivity index (χ1) is 17.8. The van der Waals surface area contributed by atoms with Crippen molar-refractivity contribution in [3.05, 3.63) is 65.7 Å². The van der Waals surface area contributed by atoms with Gasteiger partial charge in [-0.15, -0.1) is 0 Å². The van der Waals surface area contributed by atoms with E-state index in [1.165, 1.54) is 0 Å². The molecule has 0 radical (unpaired) electrons. The number of hydroxylamine groups is 2. The zero-order chi connectivity index (χ0) is 26.1. The minimum Gasteiger partial charge on any atom is -0.432 e. The Bertz CT molecular complexity index is 1350. The van der Waals surface area contributed by atoms with Crippen LogP contribution in [0.5, 0.6) is 0 Å². The smallest absolute Gasteiger partial charge is 0.432 e. The van der Waals surface area contributed by atoms with E-state index >= 15 is 0 Å². The van der Waals surface area contributed by atoms with Crippen molar-refractivity contribution in [3.63, 3.8) is 0 Å². The maximum atomic E-state index is 12.5. The van der Waals surface area contributed by atoms with Crippen LogP contribution in [0, 0.1) is 0 Å². The molecule has 5 amide bonds. The van der Waals surface area contributed by atoms with Gasteiger partial charge in [-0.2, -0.15) is 0 Å². The summed E-state index contributed by atoms with van der Waals surface area (Å²) in [6.45, 7) is -0.157. The molecule has 2 aromatic rings. The second-order valence-electron chi connectivity index (χ2n) is 8.64. The van der Waals surface area contributed by atoms with E-state index in [9.17, 15) is 28.8 Å². The van der Waals surface area contributed by atoms with Gasteiger partial charge < -0.3 is 10.1 Å². The van der Waals surface area contributed by atoms with Crippen molar-refractivity contribution < 1.29 is 38.3 Å². The van der Waals surface area contributed by atoms with Gasteiger partial charge in [0, 0.05) is 49.6 Å². The molecule has 37 heavy (non-hydrogen) atoms. The van der Waals surface area contributed by atoms with Crippen molar-refractivity contribution in [2.75, 3.05) is 18.5 Å². The van der Waals surface area contributed by atoms with Crippen LogP contribution in [-0.4, -0.2) is 58.8 Å². The number of rotatable bonds is 7. The Morgan fingerprint density at radius 3 is 2.30 bits per heavy atom. The maximum Gasteiger partial charge on any atom is 0.533 e. The summed E-state index contributed by atoms with van der Waals surface area (Å²) in [7, 11) is 0. The number of carbonyl (C=O) groups excluding carboxylic acids is 6. The highest BCUT2D eigenvalue weighted by atomic mass is 16.8. The largest absolute Gasteiger partial charge is 0.533 e. The molecule has 0 aromatic heterocycles. The summed E-state index contributed by atoms with van der Waals surface area (Å²) in [4.78, 5) is 77.2. The molecule has 1 aliphatic carbocycles. The summed E-state index contributed by atoms with van der Waals surface area (Å²) in [5.41, 5.74) is 4.05. The minimum absolute atomic E-state index is 0.0223. The molecule has 2 aromatic carbocycles. The lowest BCUT2D eigenvalue weighted by Crippen LogP contribution is -2.33. The first kappa shape index (κ1) is 23.9. The Morgan fingerprint density at radius 1 is 0.892 bits per heavy atom. The normalized spacial score (nSPS) is 17.8. The summed E-state index contributed by atoms with van der Waals surface area (Å²) in [6, 6.07) is 12.9. The maximum absolute atomic E-state index is 12.5. The molecular formula is C26H21N3O8. The fraction of sp³-hybridized carbons (Fsp3) is 0.231. The van der Waals surface area contributed by atoms with Crippen LogP contribution in [0.2, 0.25) is 0 Å². The van der Waals surface area contributed by atoms with E-state index in [1.807, 2.05) is 30.3 Å². The average molecular weight is 503 g/mol. The van der Waals surface area contributed by atoms with Gasteiger partial charge in [0.05, 0.1) is 0 Å². The zero-order valence-corrected chi connectivity index (χ0v) is 19.5. The van der Waals surface area contributed by atoms with Crippen LogP contribution in [0.1, 0.15) is 36.3 Å². The van der Waals surface area contributed by atoms with E-state index in [4.69, 9.17) is 9.57 Å². The lowest BCUT2D eigenvalue weighted by molar-refractivity contribution is -0.177. The van der Waals surface area contributed by atoms with Crippen LogP contribution in [0.25, 0.3) is 11.1 Å². The lowest BCUT2D eigenvalue weighted by atomic mass is 9.97. The number of amides is 5. The first-order valence-corrected chi connectivity index (χ1v) is 11.6. The van der Waals surface area contributed by atoms with Gasteiger partial charge in [-0.05, 0) is 34.4 Å². The Kier molecular flexibility index (Phi) is 6.26. The van der Waals surface area contributed by atoms with E-state index in [-0.39, 0.29) is 44.2 Å². The third kappa shape index (κ3) is 4.70. The van der Waals surface area contributed by atoms with Crippen LogP contribution in [0.15, 0.2) is 54.6 Å². The monoisotopic (exact) mass is 503 g/mol. The van der Waals surface area contributed by atoms with Gasteiger partial charge in [0.2, 0.25) is 5.91 Å². The Morgan fingerprint density at radius 2 is 1.57 bits per heavy atom. The third-order valence-corrected chi connectivity index (χ3v) is 6.34. The molecule has 0 spiro atoms. The SMILES string of the molecule is O=C(CCN1C(=O)C=CC1=O)Nc1ccc2c(c1)C(COC(=O)ON1C(=O)CCC1=O)c1ccccc1-2. The molecular weight excluding hydrogens is 482 g/mol. The lowest BCUT2D eigenvalue weighted by Gasteiger charge is -2.17. The molecule has 0 bridgehead atoms. The van der Waals surface area contributed by atoms with Crippen molar-refractivity contribution in [3.8, 4) is 11.1 Å². The summed E-state index contributed by atoms with van der Waals surface area (Å²) in [5.74, 6) is -2.87. The van der Waals surface area contributed by atoms with Gasteiger partial charge >= 0.3 is 6.16 Å². The number of ether oxygens (including phenoxy) is 1. The zero-order valence-electron chi connectivity index (χ0n) is 19.5. The topological polar surface area (TPSA) is 139 Å². The van der Waals surface area contributed by atoms with Crippen LogP contribution in [0.4, 0.5) is 10.5 Å². The van der Waals surface area contributed by atoms with E-state index in [0.29, 0.717) is 10.8 Å². The molecule has 1 saturated heterocycles. The molecule has 1 atom stereocenters. The average Bonchev–Trinajstić information content (AvgIpc) is 3.49. The molecule has 188 valence electrons. The second kappa shape index (κ2) is 9.69. The van der Waals surface area contributed by atoms with Gasteiger partial charge in [0.1, 0.15) is 6.61 Å². The van der Waals surface area contributed by atoms with Crippen LogP contribution >= 0.6 is 0 Å². The predicted octanol–water partition coefficient (Wildman–Crippen LogP) is 2.27. The number of benzene rings is 2. The van der Waals surface area contributed by atoms with Gasteiger partial charge in [0.15, 0.2) is 0 Å². The molecule has 3 aliphatic rings. The van der Waals surface area contributed by atoms with Crippen LogP contribution in [0.3, 0.4) is 0 Å². The summed E-state index contributed by atoms with van der Waals surface area (Å²) in [5, 5.41) is 3.20. The molecule has 11 heteroatoms. The summed E-state index contributed by atoms with van der Waals surface area (Å²) >= 11 is 0. The van der Waals surface area contributed by atoms with E-state index in [0.717, 1.165) is 39.3 Å². The van der Waals surface area contributed by atoms with Crippen molar-refractivity contribution in [2.24, 2.45) is 0 Å². The van der Waals surface area contributed by atoms with Gasteiger partial charge in [-0.3, -0.25) is 33.7 Å². The molecule has 0 saturated carbocycles. The van der Waals surface area contributed by atoms with E-state index in [2.05, 4.69) is 5.32 Å². The molecule has 1 fully saturated rings. The highest BCUT2D eigenvalue weighted by Crippen LogP contribution is 2.45. The molecule has 5 rings (SSSR count). The van der Waals surface area contributed by atoms with E-state index < -0.39 is 29.8 Å². The molecule has 2 heterocycles. The van der Waals surface area contributed by atoms with Crippen molar-refractivity contribution in [1.29, 1.82) is 0 Å². The summed E-state index contributed by atoms with van der Waals surface area (Å²) in [6.07, 6.45) is 1.05. The highest BCUT2D eigenvalue weighted by Gasteiger charge is 2.35. The van der Waals surface area contributed by atoms with Crippen LogP contribution in [-0.2, 0) is 33.5 Å². The quantitative estimate of drug-likeness (QED) is 0.448. The standard InChI is InChI=1S/C26H21N3O8/c30-21(11-12-28-22(31)7-8-23(28)32)27-15-5-6-18-16-3-1-2-4-17(16)20(19(18)13-15)14-36-26(35)37-29-24(33)9-10-25(29)34/h1-8,13,20H,9-12,14H2,(H,27,30). The highest BCUT2D eigenvalue weighted by molar-refractivity contribution is 6.13. The molecule has 1 unspecified atom stereocenters. The fourth-order valence-electron chi connectivity index (χ4n) is 4.57. The molecule has 1 N–H and O–H groups in total. The number of fused-ring (bicyclic) bond motifs is 3. The van der Waals surface area contributed by atoms with E-state index in [1.54, 1.807) is 12.1 Å². The fourth-order valence-corrected chi connectivity index (χ4v) is 4.57. The minimum atomic E-state index is -1.17. The number of nitrogens with zero attached hydrogens (tertiary/aromatic N) is 2. The number of anilines is 1. The number of hydrogen-bond donors (Lipinski definition) is 1. The van der Waals surface area contributed by atoms with Crippen LogP contribution < -0.4 is 5.32 Å². The Balaban J connectivity index is 1.27. The molecule has 11 nitrogen and oxygen atoms in total. The van der Waals surface area contributed by atoms with Gasteiger partial charge in [-0.25, -0.2) is 4.79 Å². The Labute approximate surface area is 210 Å². The van der Waals surface area contributed by atoms with Crippen molar-refractivity contribution >= 4 is 41.4 Å². The molecule has 2 aliphatic heterocycles. The number of nitrogens with one attached hydrogen (secondary N) is 1. The van der Waals surface area contributed by atoms with Gasteiger partial charge in [-0.1, -0.05) is 35.4 Å². The first-order valence-electron chi connectivity index (χ1n) is 11.6. The van der Waals surface area contributed by atoms with Crippen molar-refractivity contribution in [2.45, 2.75) is 25.2 Å². The predicted molar refractivity (Wildman–Crippen MR) is 126 cm³/mol. The summed E-state index contributed by atoms with van der Waals surface area (Å²) < 4.78 is 5.26. The Hall–Kier alpha value is -4.80. The number of carbonyl (C=O) groups is 6. The number of hydrogen-bond acceptors (Lipinski definition) is 8. The van der Waals surface area contributed by atoms with Gasteiger partial charge in [0.25, 0.3) is 23.6 Å².